The number of hydrogen-bond donors (Lipinski definition) is 0. The van der Waals surface area contributed by atoms with Crippen molar-refractivity contribution in [2.24, 2.45) is 0 Å². The highest BCUT2D eigenvalue weighted by Gasteiger charge is 2.39. The van der Waals surface area contributed by atoms with Crippen LogP contribution in [-0.2, 0) is 0 Å². The quantitative estimate of drug-likeness (QED) is 0.185. The summed E-state index contributed by atoms with van der Waals surface area (Å²) in [5, 5.41) is 7.79. The average molecular weight is 618 g/mol. The number of aromatic nitrogens is 3. The molecule has 9 rings (SSSR count). The van der Waals surface area contributed by atoms with Gasteiger partial charge in [-0.2, -0.15) is 0 Å². The lowest BCUT2D eigenvalue weighted by Gasteiger charge is -2.19. The minimum Gasteiger partial charge on any atom is -0.208 e. The lowest BCUT2D eigenvalue weighted by molar-refractivity contribution is 1.08. The monoisotopic (exact) mass is 617 g/mol. The summed E-state index contributed by atoms with van der Waals surface area (Å²) in [4.78, 5) is 15.5. The molecule has 47 heavy (non-hydrogen) atoms. The Morgan fingerprint density at radius 3 is 1.64 bits per heavy atom. The normalized spacial score (nSPS) is 13.1. The van der Waals surface area contributed by atoms with Crippen molar-refractivity contribution in [1.82, 2.24) is 15.0 Å². The van der Waals surface area contributed by atoms with Crippen LogP contribution in [0.5, 0.6) is 0 Å². The van der Waals surface area contributed by atoms with E-state index in [-0.39, 0.29) is 0 Å². The van der Waals surface area contributed by atoms with E-state index in [0.717, 1.165) is 22.1 Å². The van der Waals surface area contributed by atoms with Crippen LogP contribution in [0, 0.1) is 0 Å². The van der Waals surface area contributed by atoms with Gasteiger partial charge >= 0.3 is 0 Å². The van der Waals surface area contributed by atoms with Crippen LogP contribution in [0.4, 0.5) is 0 Å². The van der Waals surface area contributed by atoms with E-state index in [1.54, 1.807) is 0 Å². The van der Waals surface area contributed by atoms with Gasteiger partial charge < -0.3 is 0 Å². The van der Waals surface area contributed by atoms with Crippen LogP contribution in [0.3, 0.4) is 0 Å². The number of hydrogen-bond acceptors (Lipinski definition) is 3. The lowest BCUT2D eigenvalue weighted by Crippen LogP contribution is -2.49. The highest BCUT2D eigenvalue weighted by atomic mass is 28.3. The predicted molar refractivity (Wildman–Crippen MR) is 199 cm³/mol. The van der Waals surface area contributed by atoms with Gasteiger partial charge in [-0.1, -0.05) is 147 Å². The molecule has 1 aromatic heterocycles. The van der Waals surface area contributed by atoms with Gasteiger partial charge in [-0.25, -0.2) is 15.0 Å². The maximum absolute atomic E-state index is 5.23. The van der Waals surface area contributed by atoms with Crippen molar-refractivity contribution in [3.8, 4) is 56.4 Å². The van der Waals surface area contributed by atoms with Crippen LogP contribution in [0.25, 0.3) is 78.0 Å². The summed E-state index contributed by atoms with van der Waals surface area (Å²) >= 11 is 0. The van der Waals surface area contributed by atoms with Crippen LogP contribution in [0.15, 0.2) is 152 Å². The van der Waals surface area contributed by atoms with E-state index in [0.29, 0.717) is 17.5 Å². The molecule has 222 valence electrons. The largest absolute Gasteiger partial charge is 0.208 e. The first-order chi connectivity index (χ1) is 23.0. The molecule has 1 aliphatic rings. The molecule has 2 heterocycles. The minimum absolute atomic E-state index is 0.675. The summed E-state index contributed by atoms with van der Waals surface area (Å²) in [6.07, 6.45) is 0. The van der Waals surface area contributed by atoms with Gasteiger partial charge in [0.1, 0.15) is 8.07 Å². The van der Waals surface area contributed by atoms with Gasteiger partial charge in [-0.05, 0) is 72.4 Å². The molecule has 0 spiro atoms. The molecule has 0 atom stereocenters. The molecule has 4 heteroatoms. The second kappa shape index (κ2) is 10.7. The molecule has 0 fully saturated rings. The third-order valence-corrected chi connectivity index (χ3v) is 13.2. The summed E-state index contributed by atoms with van der Waals surface area (Å²) in [6.45, 7) is 4.92. The second-order valence-electron chi connectivity index (χ2n) is 12.9. The van der Waals surface area contributed by atoms with Crippen LogP contribution >= 0.6 is 0 Å². The van der Waals surface area contributed by atoms with E-state index in [4.69, 9.17) is 15.0 Å². The molecule has 0 N–H and O–H groups in total. The maximum atomic E-state index is 5.23. The van der Waals surface area contributed by atoms with Crippen molar-refractivity contribution in [3.05, 3.63) is 152 Å². The van der Waals surface area contributed by atoms with Crippen molar-refractivity contribution in [1.29, 1.82) is 0 Å². The topological polar surface area (TPSA) is 38.7 Å². The fourth-order valence-electron chi connectivity index (χ4n) is 7.20. The molecule has 0 saturated carbocycles. The Balaban J connectivity index is 1.23. The number of fused-ring (bicyclic) bond motifs is 5. The van der Waals surface area contributed by atoms with Crippen molar-refractivity contribution >= 4 is 40.0 Å². The summed E-state index contributed by atoms with van der Waals surface area (Å²) in [7, 11) is -1.95. The molecular formula is C43H31N3Si. The Morgan fingerprint density at radius 2 is 0.915 bits per heavy atom. The molecule has 8 aromatic rings. The van der Waals surface area contributed by atoms with Gasteiger partial charge in [0, 0.05) is 16.7 Å². The zero-order valence-corrected chi connectivity index (χ0v) is 27.3. The Kier molecular flexibility index (Phi) is 6.27. The molecule has 3 nitrogen and oxygen atoms in total. The Hall–Kier alpha value is -5.71. The first-order valence-electron chi connectivity index (χ1n) is 16.1. The summed E-state index contributed by atoms with van der Waals surface area (Å²) in [5.41, 5.74) is 8.01. The first kappa shape index (κ1) is 27.6. The van der Waals surface area contributed by atoms with Gasteiger partial charge in [-0.3, -0.25) is 0 Å². The zero-order chi connectivity index (χ0) is 31.5. The van der Waals surface area contributed by atoms with E-state index >= 15 is 0 Å². The molecule has 0 bridgehead atoms. The fraction of sp³-hybridized carbons (Fsp3) is 0.0465. The van der Waals surface area contributed by atoms with E-state index < -0.39 is 8.07 Å². The third kappa shape index (κ3) is 4.60. The van der Waals surface area contributed by atoms with Crippen LogP contribution < -0.4 is 10.4 Å². The summed E-state index contributed by atoms with van der Waals surface area (Å²) in [5.74, 6) is 2.06. The minimum atomic E-state index is -1.95. The third-order valence-electron chi connectivity index (χ3n) is 9.68. The molecule has 0 amide bonds. The molecule has 0 saturated heterocycles. The van der Waals surface area contributed by atoms with Gasteiger partial charge in [0.2, 0.25) is 0 Å². The molecule has 0 aliphatic carbocycles. The highest BCUT2D eigenvalue weighted by Crippen LogP contribution is 2.38. The predicted octanol–water partition coefficient (Wildman–Crippen LogP) is 9.65. The molecule has 0 unspecified atom stereocenters. The van der Waals surface area contributed by atoms with Crippen molar-refractivity contribution in [2.75, 3.05) is 0 Å². The highest BCUT2D eigenvalue weighted by molar-refractivity contribution is 7.04. The van der Waals surface area contributed by atoms with E-state index in [2.05, 4.69) is 147 Å². The first-order valence-corrected chi connectivity index (χ1v) is 19.1. The zero-order valence-electron chi connectivity index (χ0n) is 26.3. The Labute approximate surface area is 275 Å². The van der Waals surface area contributed by atoms with Crippen LogP contribution in [0.1, 0.15) is 0 Å². The van der Waals surface area contributed by atoms with E-state index in [9.17, 15) is 0 Å². The van der Waals surface area contributed by atoms with Gasteiger partial charge in [-0.15, -0.1) is 0 Å². The molecule has 1 aliphatic heterocycles. The Bertz CT molecular complexity index is 2490. The molecule has 0 radical (unpaired) electrons. The molecule has 7 aromatic carbocycles. The summed E-state index contributed by atoms with van der Waals surface area (Å²) < 4.78 is 0. The number of rotatable bonds is 4. The summed E-state index contributed by atoms with van der Waals surface area (Å²) in [6, 6.07) is 54.1. The standard InChI is InChI=1S/C43H31N3Si/c1-47(2)38-19-11-18-36(40(38)37-26-30-16-9-10-17-31(30)27-39(37)47)43-45-41(29-14-7-4-8-15-29)44-42(46-43)35-23-22-33-24-32(20-21-34(33)25-35)28-12-5-3-6-13-28/h3-27H,1-2H3. The van der Waals surface area contributed by atoms with Crippen LogP contribution in [-0.4, -0.2) is 23.0 Å². The van der Waals surface area contributed by atoms with E-state index in [1.807, 2.05) is 18.2 Å². The number of benzene rings is 7. The lowest BCUT2D eigenvalue weighted by atomic mass is 9.96. The average Bonchev–Trinajstić information content (AvgIpc) is 3.36. The molecular weight excluding hydrogens is 587 g/mol. The fourth-order valence-corrected chi connectivity index (χ4v) is 10.3. The maximum Gasteiger partial charge on any atom is 0.164 e. The number of nitrogens with zero attached hydrogens (tertiary/aromatic N) is 3. The van der Waals surface area contributed by atoms with Gasteiger partial charge in [0.25, 0.3) is 0 Å². The SMILES string of the molecule is C[Si]1(C)c2cc3ccccc3cc2-c2c(-c3nc(-c4ccccc4)nc(-c4ccc5cc(-c6ccccc6)ccc5c4)n3)cccc21. The van der Waals surface area contributed by atoms with Crippen LogP contribution in [0.2, 0.25) is 13.1 Å². The smallest absolute Gasteiger partial charge is 0.164 e. The Morgan fingerprint density at radius 1 is 0.362 bits per heavy atom. The van der Waals surface area contributed by atoms with Gasteiger partial charge in [0.15, 0.2) is 17.5 Å². The van der Waals surface area contributed by atoms with Crippen molar-refractivity contribution in [2.45, 2.75) is 13.1 Å². The second-order valence-corrected chi connectivity index (χ2v) is 17.2. The van der Waals surface area contributed by atoms with Crippen molar-refractivity contribution in [3.63, 3.8) is 0 Å². The van der Waals surface area contributed by atoms with Gasteiger partial charge in [0.05, 0.1) is 0 Å². The van der Waals surface area contributed by atoms with Crippen molar-refractivity contribution < 1.29 is 0 Å². The van der Waals surface area contributed by atoms with E-state index in [1.165, 1.54) is 48.8 Å².